The number of nitrogens with zero attached hydrogens (tertiary/aromatic N) is 4. The van der Waals surface area contributed by atoms with Gasteiger partial charge in [-0.25, -0.2) is 0 Å². The van der Waals surface area contributed by atoms with Crippen LogP contribution in [0.2, 0.25) is 0 Å². The van der Waals surface area contributed by atoms with E-state index in [1.165, 1.54) is 12.8 Å². The lowest BCUT2D eigenvalue weighted by molar-refractivity contribution is -0.181. The van der Waals surface area contributed by atoms with Crippen molar-refractivity contribution in [2.45, 2.75) is 51.6 Å². The van der Waals surface area contributed by atoms with Gasteiger partial charge in [-0.2, -0.15) is 9.97 Å². The lowest BCUT2D eigenvalue weighted by Crippen LogP contribution is -2.60. The quantitative estimate of drug-likeness (QED) is 0.353. The van der Waals surface area contributed by atoms with Crippen molar-refractivity contribution >= 4 is 23.2 Å². The number of anilines is 3. The number of fused-ring (bicyclic) bond motifs is 1. The molecule has 5 N–H and O–H groups in total. The number of carbonyl (C=O) groups is 1. The molecule has 0 bridgehead atoms. The average molecular weight is 443 g/mol. The first-order chi connectivity index (χ1) is 15.4. The van der Waals surface area contributed by atoms with E-state index in [1.807, 2.05) is 31.2 Å². The second-order valence-corrected chi connectivity index (χ2v) is 8.27. The molecule has 172 valence electrons. The number of ether oxygens (including phenoxy) is 1. The average Bonchev–Trinajstić information content (AvgIpc) is 3.26. The molecule has 32 heavy (non-hydrogen) atoms. The number of likely N-dealkylation sites (tertiary alicyclic amines) is 1. The van der Waals surface area contributed by atoms with Crippen molar-refractivity contribution in [1.29, 1.82) is 0 Å². The van der Waals surface area contributed by atoms with Crippen molar-refractivity contribution in [2.75, 3.05) is 35.6 Å². The van der Waals surface area contributed by atoms with Crippen LogP contribution in [0.5, 0.6) is 6.01 Å². The zero-order valence-electron chi connectivity index (χ0n) is 18.3. The molecule has 2 aromatic rings. The normalized spacial score (nSPS) is 17.8. The van der Waals surface area contributed by atoms with E-state index < -0.39 is 11.8 Å². The van der Waals surface area contributed by atoms with Gasteiger partial charge in [0.1, 0.15) is 5.69 Å². The van der Waals surface area contributed by atoms with Crippen LogP contribution in [-0.2, 0) is 17.9 Å². The van der Waals surface area contributed by atoms with Gasteiger partial charge in [-0.3, -0.25) is 14.6 Å². The minimum atomic E-state index is -2.81. The summed E-state index contributed by atoms with van der Waals surface area (Å²) < 4.78 is 5.57. The van der Waals surface area contributed by atoms with Gasteiger partial charge >= 0.3 is 17.8 Å². The molecule has 3 heterocycles. The summed E-state index contributed by atoms with van der Waals surface area (Å²) in [5.74, 6) is -3.73. The first-order valence-corrected chi connectivity index (χ1v) is 11.0. The van der Waals surface area contributed by atoms with Crippen LogP contribution in [0.4, 0.5) is 17.3 Å². The van der Waals surface area contributed by atoms with Crippen molar-refractivity contribution in [1.82, 2.24) is 14.9 Å². The topological polar surface area (TPSA) is 137 Å². The first kappa shape index (κ1) is 22.3. The SMILES string of the molecule is CCCCOc1nc(N)c2c(n1)N(Cc1cccc(CN3CCCC3)c1)C(O)(O)C(=O)N2. The first-order valence-electron chi connectivity index (χ1n) is 11.0. The van der Waals surface area contributed by atoms with Gasteiger partial charge in [0.15, 0.2) is 11.6 Å². The Labute approximate surface area is 187 Å². The Morgan fingerprint density at radius 1 is 1.19 bits per heavy atom. The van der Waals surface area contributed by atoms with E-state index >= 15 is 0 Å². The molecule has 10 nitrogen and oxygen atoms in total. The fourth-order valence-corrected chi connectivity index (χ4v) is 3.99. The highest BCUT2D eigenvalue weighted by Crippen LogP contribution is 2.38. The van der Waals surface area contributed by atoms with Gasteiger partial charge < -0.3 is 26.0 Å². The third kappa shape index (κ3) is 4.62. The lowest BCUT2D eigenvalue weighted by Gasteiger charge is -2.39. The van der Waals surface area contributed by atoms with E-state index in [0.717, 1.165) is 48.5 Å². The third-order valence-corrected chi connectivity index (χ3v) is 5.74. The second kappa shape index (κ2) is 9.27. The van der Waals surface area contributed by atoms with Crippen LogP contribution in [0, 0.1) is 0 Å². The number of benzene rings is 1. The predicted octanol–water partition coefficient (Wildman–Crippen LogP) is 1.43. The van der Waals surface area contributed by atoms with Crippen molar-refractivity contribution in [3.05, 3.63) is 35.4 Å². The van der Waals surface area contributed by atoms with Gasteiger partial charge in [0.2, 0.25) is 0 Å². The highest BCUT2D eigenvalue weighted by atomic mass is 16.5. The minimum Gasteiger partial charge on any atom is -0.463 e. The molecule has 4 rings (SSSR count). The molecular weight excluding hydrogens is 412 g/mol. The highest BCUT2D eigenvalue weighted by molar-refractivity contribution is 6.05. The molecule has 1 amide bonds. The Bertz CT molecular complexity index is 977. The number of nitrogens with two attached hydrogens (primary N) is 1. The summed E-state index contributed by atoms with van der Waals surface area (Å²) in [5.41, 5.74) is 8.09. The van der Waals surface area contributed by atoms with Gasteiger partial charge in [0.05, 0.1) is 13.2 Å². The zero-order chi connectivity index (χ0) is 22.7. The van der Waals surface area contributed by atoms with Crippen LogP contribution in [-0.4, -0.2) is 56.6 Å². The second-order valence-electron chi connectivity index (χ2n) is 8.27. The molecule has 1 fully saturated rings. The zero-order valence-corrected chi connectivity index (χ0v) is 18.3. The van der Waals surface area contributed by atoms with Crippen molar-refractivity contribution in [3.8, 4) is 6.01 Å². The predicted molar refractivity (Wildman–Crippen MR) is 120 cm³/mol. The van der Waals surface area contributed by atoms with Crippen LogP contribution < -0.4 is 20.7 Å². The van der Waals surface area contributed by atoms with Crippen LogP contribution >= 0.6 is 0 Å². The number of amides is 1. The maximum Gasteiger partial charge on any atom is 0.332 e. The highest BCUT2D eigenvalue weighted by Gasteiger charge is 2.47. The molecule has 0 atom stereocenters. The molecular formula is C22H30N6O4. The summed E-state index contributed by atoms with van der Waals surface area (Å²) in [6.45, 7) is 5.47. The molecule has 0 aliphatic carbocycles. The standard InChI is InChI=1S/C22H30N6O4/c1-2-3-11-32-21-25-18(23)17-19(26-21)28(22(30,31)20(29)24-17)14-16-8-6-7-15(12-16)13-27-9-4-5-10-27/h6-8,12,30-31H,2-5,9-11,13-14H2,1H3,(H,24,29)(H2,23,25,26). The largest absolute Gasteiger partial charge is 0.463 e. The maximum absolute atomic E-state index is 12.4. The minimum absolute atomic E-state index is 0.00173. The Morgan fingerprint density at radius 2 is 1.91 bits per heavy atom. The van der Waals surface area contributed by atoms with Crippen LogP contribution in [0.25, 0.3) is 0 Å². The number of unbranched alkanes of at least 4 members (excludes halogenated alkanes) is 1. The number of nitrogen functional groups attached to an aromatic ring is 1. The number of hydrogen-bond donors (Lipinski definition) is 4. The molecule has 1 aromatic heterocycles. The van der Waals surface area contributed by atoms with Crippen LogP contribution in [0.15, 0.2) is 24.3 Å². The number of aromatic nitrogens is 2. The Morgan fingerprint density at radius 3 is 2.62 bits per heavy atom. The molecule has 0 radical (unpaired) electrons. The van der Waals surface area contributed by atoms with Crippen molar-refractivity contribution in [2.24, 2.45) is 0 Å². The monoisotopic (exact) mass is 442 g/mol. The Kier molecular flexibility index (Phi) is 6.45. The van der Waals surface area contributed by atoms with Gasteiger partial charge in [-0.05, 0) is 43.5 Å². The molecule has 0 saturated carbocycles. The number of aliphatic hydroxyl groups is 2. The Hall–Kier alpha value is -2.95. The van der Waals surface area contributed by atoms with Crippen molar-refractivity contribution in [3.63, 3.8) is 0 Å². The molecule has 1 saturated heterocycles. The van der Waals surface area contributed by atoms with Gasteiger partial charge in [-0.15, -0.1) is 0 Å². The fourth-order valence-electron chi connectivity index (χ4n) is 3.99. The third-order valence-electron chi connectivity index (χ3n) is 5.74. The van der Waals surface area contributed by atoms with E-state index in [-0.39, 0.29) is 29.9 Å². The van der Waals surface area contributed by atoms with Gasteiger partial charge in [-0.1, -0.05) is 37.6 Å². The molecule has 2 aliphatic heterocycles. The smallest absolute Gasteiger partial charge is 0.332 e. The summed E-state index contributed by atoms with van der Waals surface area (Å²) in [4.78, 5) is 24.3. The maximum atomic E-state index is 12.4. The summed E-state index contributed by atoms with van der Waals surface area (Å²) >= 11 is 0. The van der Waals surface area contributed by atoms with E-state index in [2.05, 4.69) is 20.2 Å². The molecule has 0 unspecified atom stereocenters. The van der Waals surface area contributed by atoms with E-state index in [0.29, 0.717) is 6.61 Å². The van der Waals surface area contributed by atoms with Crippen LogP contribution in [0.3, 0.4) is 0 Å². The number of carbonyl (C=O) groups excluding carboxylic acids is 1. The van der Waals surface area contributed by atoms with Crippen LogP contribution in [0.1, 0.15) is 43.7 Å². The van der Waals surface area contributed by atoms with Gasteiger partial charge in [0, 0.05) is 6.54 Å². The van der Waals surface area contributed by atoms with E-state index in [1.54, 1.807) is 0 Å². The number of nitrogens with one attached hydrogen (secondary N) is 1. The fraction of sp³-hybridized carbons (Fsp3) is 0.500. The van der Waals surface area contributed by atoms with E-state index in [9.17, 15) is 15.0 Å². The summed E-state index contributed by atoms with van der Waals surface area (Å²) in [6, 6.07) is 7.87. The van der Waals surface area contributed by atoms with E-state index in [4.69, 9.17) is 10.5 Å². The Balaban J connectivity index is 1.63. The molecule has 10 heteroatoms. The molecule has 2 aliphatic rings. The number of hydrogen-bond acceptors (Lipinski definition) is 9. The number of rotatable bonds is 8. The lowest BCUT2D eigenvalue weighted by atomic mass is 10.1. The summed E-state index contributed by atoms with van der Waals surface area (Å²) in [7, 11) is 0. The van der Waals surface area contributed by atoms with Crippen molar-refractivity contribution < 1.29 is 19.7 Å². The molecule has 1 aromatic carbocycles. The summed E-state index contributed by atoms with van der Waals surface area (Å²) in [5, 5.41) is 23.6. The summed E-state index contributed by atoms with van der Waals surface area (Å²) in [6.07, 6.45) is 4.17. The molecule has 0 spiro atoms. The van der Waals surface area contributed by atoms with Gasteiger partial charge in [0.25, 0.3) is 0 Å².